The fraction of sp³-hybridized carbons (Fsp3) is 0.316. The predicted molar refractivity (Wildman–Crippen MR) is 103 cm³/mol. The first-order valence-electron chi connectivity index (χ1n) is 8.30. The van der Waals surface area contributed by atoms with Gasteiger partial charge in [0.05, 0.1) is 6.61 Å². The minimum absolute atomic E-state index is 0. The first kappa shape index (κ1) is 22.5. The summed E-state index contributed by atoms with van der Waals surface area (Å²) in [7, 11) is 0. The summed E-state index contributed by atoms with van der Waals surface area (Å²) in [5.41, 5.74) is 8.17. The predicted octanol–water partition coefficient (Wildman–Crippen LogP) is 3.94. The van der Waals surface area contributed by atoms with Gasteiger partial charge in [-0.3, -0.25) is 4.79 Å². The molecule has 0 unspecified atom stereocenters. The van der Waals surface area contributed by atoms with E-state index in [1.54, 1.807) is 25.1 Å². The highest BCUT2D eigenvalue weighted by Gasteiger charge is 2.12. The van der Waals surface area contributed by atoms with Crippen LogP contribution >= 0.6 is 12.4 Å². The minimum Gasteiger partial charge on any atom is -0.490 e. The summed E-state index contributed by atoms with van der Waals surface area (Å²) in [6.45, 7) is -0.604. The Morgan fingerprint density at radius 1 is 1.19 bits per heavy atom. The molecule has 3 N–H and O–H groups in total. The third kappa shape index (κ3) is 7.30. The van der Waals surface area contributed by atoms with Gasteiger partial charge in [-0.05, 0) is 42.7 Å². The molecule has 27 heavy (non-hydrogen) atoms. The highest BCUT2D eigenvalue weighted by atomic mass is 35.5. The number of carbonyl (C=O) groups excluding carboxylic acids is 1. The van der Waals surface area contributed by atoms with Gasteiger partial charge in [-0.2, -0.15) is 8.78 Å². The number of para-hydroxylation sites is 1. The van der Waals surface area contributed by atoms with Gasteiger partial charge in [0.25, 0.3) is 0 Å². The van der Waals surface area contributed by atoms with Crippen molar-refractivity contribution in [2.45, 2.75) is 32.9 Å². The molecule has 0 aliphatic rings. The van der Waals surface area contributed by atoms with E-state index < -0.39 is 6.61 Å². The molecule has 8 heteroatoms. The fourth-order valence-corrected chi connectivity index (χ4v) is 2.42. The second kappa shape index (κ2) is 11.2. The summed E-state index contributed by atoms with van der Waals surface area (Å²) in [4.78, 5) is 12.0. The Labute approximate surface area is 163 Å². The lowest BCUT2D eigenvalue weighted by molar-refractivity contribution is -0.121. The third-order valence-corrected chi connectivity index (χ3v) is 3.69. The van der Waals surface area contributed by atoms with Crippen molar-refractivity contribution in [1.29, 1.82) is 0 Å². The molecule has 2 rings (SSSR count). The molecular weight excluding hydrogens is 378 g/mol. The van der Waals surface area contributed by atoms with Gasteiger partial charge < -0.3 is 20.5 Å². The average molecular weight is 401 g/mol. The summed E-state index contributed by atoms with van der Waals surface area (Å²) >= 11 is 0. The zero-order valence-electron chi connectivity index (χ0n) is 14.9. The number of alkyl halides is 2. The minimum atomic E-state index is -2.93. The standard InChI is InChI=1S/C19H22F2N2O3.ClH/c1-2-25-17-11-13(7-9-16(17)26-19(20)21)12-23-18(24)10-8-14-5-3-4-6-15(14)22;/h3-7,9,11,19H,2,8,10,12,22H2,1H3,(H,23,24);1H. The van der Waals surface area contributed by atoms with Crippen LogP contribution in [-0.2, 0) is 17.8 Å². The Balaban J connectivity index is 0.00000364. The Kier molecular flexibility index (Phi) is 9.36. The summed E-state index contributed by atoms with van der Waals surface area (Å²) in [5.74, 6) is 0.0622. The molecule has 0 fully saturated rings. The Bertz CT molecular complexity index is 745. The maximum Gasteiger partial charge on any atom is 0.387 e. The number of amides is 1. The topological polar surface area (TPSA) is 73.6 Å². The zero-order chi connectivity index (χ0) is 18.9. The number of nitrogens with one attached hydrogen (secondary N) is 1. The van der Waals surface area contributed by atoms with E-state index in [2.05, 4.69) is 10.1 Å². The summed E-state index contributed by atoms with van der Waals surface area (Å²) in [5, 5.41) is 2.79. The number of rotatable bonds is 9. The van der Waals surface area contributed by atoms with Crippen molar-refractivity contribution < 1.29 is 23.0 Å². The van der Waals surface area contributed by atoms with E-state index in [0.717, 1.165) is 11.1 Å². The van der Waals surface area contributed by atoms with Crippen LogP contribution in [0.25, 0.3) is 0 Å². The van der Waals surface area contributed by atoms with E-state index in [1.165, 1.54) is 6.07 Å². The first-order valence-corrected chi connectivity index (χ1v) is 8.30. The quantitative estimate of drug-likeness (QED) is 0.625. The third-order valence-electron chi connectivity index (χ3n) is 3.69. The van der Waals surface area contributed by atoms with Crippen LogP contribution in [0.2, 0.25) is 0 Å². The number of nitrogen functional groups attached to an aromatic ring is 1. The highest BCUT2D eigenvalue weighted by Crippen LogP contribution is 2.29. The van der Waals surface area contributed by atoms with Crippen LogP contribution in [0, 0.1) is 0 Å². The van der Waals surface area contributed by atoms with E-state index in [0.29, 0.717) is 25.1 Å². The number of nitrogens with two attached hydrogens (primary N) is 1. The number of hydrogen-bond donors (Lipinski definition) is 2. The van der Waals surface area contributed by atoms with Crippen LogP contribution in [0.3, 0.4) is 0 Å². The second-order valence-electron chi connectivity index (χ2n) is 5.57. The SMILES string of the molecule is CCOc1cc(CNC(=O)CCc2ccccc2N)ccc1OC(F)F.Cl. The number of ether oxygens (including phenoxy) is 2. The van der Waals surface area contributed by atoms with Crippen molar-refractivity contribution in [2.24, 2.45) is 0 Å². The summed E-state index contributed by atoms with van der Waals surface area (Å²) < 4.78 is 34.5. The lowest BCUT2D eigenvalue weighted by atomic mass is 10.1. The van der Waals surface area contributed by atoms with Gasteiger partial charge >= 0.3 is 6.61 Å². The van der Waals surface area contributed by atoms with Crippen LogP contribution in [0.5, 0.6) is 11.5 Å². The summed E-state index contributed by atoms with van der Waals surface area (Å²) in [6.07, 6.45) is 0.850. The van der Waals surface area contributed by atoms with Crippen LogP contribution in [0.15, 0.2) is 42.5 Å². The molecule has 5 nitrogen and oxygen atoms in total. The van der Waals surface area contributed by atoms with Gasteiger partial charge in [0.1, 0.15) is 0 Å². The van der Waals surface area contributed by atoms with E-state index in [9.17, 15) is 13.6 Å². The Morgan fingerprint density at radius 2 is 1.93 bits per heavy atom. The molecule has 0 aromatic heterocycles. The van der Waals surface area contributed by atoms with Gasteiger partial charge in [0.15, 0.2) is 11.5 Å². The normalized spacial score (nSPS) is 10.2. The summed E-state index contributed by atoms with van der Waals surface area (Å²) in [6, 6.07) is 12.0. The molecule has 0 saturated heterocycles. The number of benzene rings is 2. The monoisotopic (exact) mass is 400 g/mol. The lowest BCUT2D eigenvalue weighted by Gasteiger charge is -2.13. The van der Waals surface area contributed by atoms with Gasteiger partial charge in [-0.25, -0.2) is 0 Å². The van der Waals surface area contributed by atoms with Gasteiger partial charge in [0, 0.05) is 18.7 Å². The molecule has 0 spiro atoms. The number of carbonyl (C=O) groups is 1. The van der Waals surface area contributed by atoms with E-state index in [4.69, 9.17) is 10.5 Å². The Morgan fingerprint density at radius 3 is 2.59 bits per heavy atom. The van der Waals surface area contributed by atoms with Crippen molar-refractivity contribution in [3.8, 4) is 11.5 Å². The molecule has 0 atom stereocenters. The molecular formula is C19H23ClF2N2O3. The molecule has 0 aliphatic carbocycles. The van der Waals surface area contributed by atoms with Gasteiger partial charge in [-0.15, -0.1) is 12.4 Å². The number of halogens is 3. The highest BCUT2D eigenvalue weighted by molar-refractivity contribution is 5.85. The van der Waals surface area contributed by atoms with Crippen molar-refractivity contribution in [1.82, 2.24) is 5.32 Å². The molecule has 0 radical (unpaired) electrons. The van der Waals surface area contributed by atoms with Crippen LogP contribution in [-0.4, -0.2) is 19.1 Å². The molecule has 148 valence electrons. The largest absolute Gasteiger partial charge is 0.490 e. The number of hydrogen-bond acceptors (Lipinski definition) is 4. The molecule has 0 heterocycles. The van der Waals surface area contributed by atoms with Crippen molar-refractivity contribution in [3.05, 3.63) is 53.6 Å². The molecule has 0 saturated carbocycles. The number of anilines is 1. The zero-order valence-corrected chi connectivity index (χ0v) is 15.7. The average Bonchev–Trinajstić information content (AvgIpc) is 2.61. The Hall–Kier alpha value is -2.54. The smallest absolute Gasteiger partial charge is 0.387 e. The van der Waals surface area contributed by atoms with Gasteiger partial charge in [-0.1, -0.05) is 24.3 Å². The van der Waals surface area contributed by atoms with Crippen molar-refractivity contribution >= 4 is 24.0 Å². The van der Waals surface area contributed by atoms with Gasteiger partial charge in [0.2, 0.25) is 5.91 Å². The molecule has 2 aromatic carbocycles. The molecule has 0 bridgehead atoms. The first-order chi connectivity index (χ1) is 12.5. The molecule has 2 aromatic rings. The maximum atomic E-state index is 12.4. The van der Waals surface area contributed by atoms with E-state index in [-0.39, 0.29) is 36.4 Å². The van der Waals surface area contributed by atoms with E-state index >= 15 is 0 Å². The molecule has 0 aliphatic heterocycles. The van der Waals surface area contributed by atoms with Crippen LogP contribution in [0.4, 0.5) is 14.5 Å². The van der Waals surface area contributed by atoms with Crippen molar-refractivity contribution in [3.63, 3.8) is 0 Å². The van der Waals surface area contributed by atoms with Crippen LogP contribution < -0.4 is 20.5 Å². The van der Waals surface area contributed by atoms with Crippen LogP contribution in [0.1, 0.15) is 24.5 Å². The maximum absolute atomic E-state index is 12.4. The van der Waals surface area contributed by atoms with Crippen molar-refractivity contribution in [2.75, 3.05) is 12.3 Å². The molecule has 1 amide bonds. The lowest BCUT2D eigenvalue weighted by Crippen LogP contribution is -2.23. The number of aryl methyl sites for hydroxylation is 1. The van der Waals surface area contributed by atoms with E-state index in [1.807, 2.05) is 18.2 Å². The second-order valence-corrected chi connectivity index (χ2v) is 5.57. The fourth-order valence-electron chi connectivity index (χ4n) is 2.42.